The second-order valence-electron chi connectivity index (χ2n) is 6.11. The molecule has 1 saturated heterocycles. The van der Waals surface area contributed by atoms with E-state index in [0.717, 1.165) is 42.8 Å². The number of amides is 1. The number of likely N-dealkylation sites (tertiary alicyclic amines) is 1. The van der Waals surface area contributed by atoms with Crippen molar-refractivity contribution in [3.8, 4) is 0 Å². The van der Waals surface area contributed by atoms with Gasteiger partial charge in [-0.1, -0.05) is 0 Å². The molecule has 0 unspecified atom stereocenters. The van der Waals surface area contributed by atoms with Crippen LogP contribution in [0, 0.1) is 5.92 Å². The number of H-pyrrole nitrogens is 1. The van der Waals surface area contributed by atoms with Crippen LogP contribution in [0.25, 0.3) is 10.2 Å². The van der Waals surface area contributed by atoms with Crippen LogP contribution < -0.4 is 5.32 Å². The SMILES string of the molecule is O=C(NC[C@@H]1CCN(Cc2ccoc2)C1)c1cc2sccc2[nH]1. The maximum Gasteiger partial charge on any atom is 0.267 e. The molecular weight excluding hydrogens is 310 g/mol. The lowest BCUT2D eigenvalue weighted by Gasteiger charge is -2.15. The van der Waals surface area contributed by atoms with Gasteiger partial charge in [-0.3, -0.25) is 9.69 Å². The van der Waals surface area contributed by atoms with Crippen molar-refractivity contribution >= 4 is 27.5 Å². The minimum absolute atomic E-state index is 0.0123. The maximum absolute atomic E-state index is 12.2. The molecule has 6 heteroatoms. The van der Waals surface area contributed by atoms with E-state index >= 15 is 0 Å². The van der Waals surface area contributed by atoms with Gasteiger partial charge in [-0.05, 0) is 42.5 Å². The molecule has 1 aliphatic rings. The number of carbonyl (C=O) groups excluding carboxylic acids is 1. The first-order valence-corrected chi connectivity index (χ1v) is 8.74. The molecule has 120 valence electrons. The van der Waals surface area contributed by atoms with Crippen LogP contribution in [0.2, 0.25) is 0 Å². The summed E-state index contributed by atoms with van der Waals surface area (Å²) in [6.07, 6.45) is 4.63. The first-order valence-electron chi connectivity index (χ1n) is 7.86. The third kappa shape index (κ3) is 3.18. The van der Waals surface area contributed by atoms with Crippen molar-refractivity contribution in [1.29, 1.82) is 0 Å². The molecule has 4 rings (SSSR count). The maximum atomic E-state index is 12.2. The Balaban J connectivity index is 1.28. The summed E-state index contributed by atoms with van der Waals surface area (Å²) in [5.74, 6) is 0.503. The molecule has 1 fully saturated rings. The number of fused-ring (bicyclic) bond motifs is 1. The minimum atomic E-state index is -0.0123. The van der Waals surface area contributed by atoms with Crippen LogP contribution in [-0.4, -0.2) is 35.4 Å². The Labute approximate surface area is 138 Å². The fraction of sp³-hybridized carbons (Fsp3) is 0.353. The smallest absolute Gasteiger partial charge is 0.267 e. The zero-order valence-corrected chi connectivity index (χ0v) is 13.6. The molecule has 1 amide bonds. The normalized spacial score (nSPS) is 18.7. The monoisotopic (exact) mass is 329 g/mol. The Morgan fingerprint density at radius 1 is 1.48 bits per heavy atom. The van der Waals surface area contributed by atoms with Crippen molar-refractivity contribution in [2.75, 3.05) is 19.6 Å². The Morgan fingerprint density at radius 3 is 3.26 bits per heavy atom. The zero-order chi connectivity index (χ0) is 15.6. The summed E-state index contributed by atoms with van der Waals surface area (Å²) in [6.45, 7) is 3.75. The number of aromatic amines is 1. The molecule has 0 aromatic carbocycles. The van der Waals surface area contributed by atoms with E-state index in [1.165, 1.54) is 5.56 Å². The van der Waals surface area contributed by atoms with Gasteiger partial charge >= 0.3 is 0 Å². The van der Waals surface area contributed by atoms with Crippen LogP contribution in [0.3, 0.4) is 0 Å². The van der Waals surface area contributed by atoms with E-state index in [9.17, 15) is 4.79 Å². The van der Waals surface area contributed by atoms with Gasteiger partial charge in [-0.2, -0.15) is 0 Å². The fourth-order valence-corrected chi connectivity index (χ4v) is 3.95. The van der Waals surface area contributed by atoms with Crippen LogP contribution in [0.15, 0.2) is 40.5 Å². The quantitative estimate of drug-likeness (QED) is 0.756. The fourth-order valence-electron chi connectivity index (χ4n) is 3.17. The topological polar surface area (TPSA) is 61.3 Å². The van der Waals surface area contributed by atoms with Gasteiger partial charge in [0, 0.05) is 25.2 Å². The van der Waals surface area contributed by atoms with E-state index in [2.05, 4.69) is 15.2 Å². The minimum Gasteiger partial charge on any atom is -0.472 e. The van der Waals surface area contributed by atoms with Crippen molar-refractivity contribution in [1.82, 2.24) is 15.2 Å². The molecule has 0 aliphatic carbocycles. The molecule has 2 N–H and O–H groups in total. The Kier molecular flexibility index (Phi) is 3.93. The molecule has 0 saturated carbocycles. The van der Waals surface area contributed by atoms with Gasteiger partial charge in [0.1, 0.15) is 5.69 Å². The number of aromatic nitrogens is 1. The molecule has 0 spiro atoms. The molecular formula is C17H19N3O2S. The van der Waals surface area contributed by atoms with Gasteiger partial charge in [0.2, 0.25) is 0 Å². The number of furan rings is 1. The van der Waals surface area contributed by atoms with Gasteiger partial charge in [0.15, 0.2) is 0 Å². The van der Waals surface area contributed by atoms with Crippen LogP contribution in [-0.2, 0) is 6.54 Å². The average molecular weight is 329 g/mol. The van der Waals surface area contributed by atoms with Gasteiger partial charge < -0.3 is 14.7 Å². The van der Waals surface area contributed by atoms with Gasteiger partial charge in [0.05, 0.1) is 22.7 Å². The molecule has 3 aromatic heterocycles. The highest BCUT2D eigenvalue weighted by Crippen LogP contribution is 2.22. The van der Waals surface area contributed by atoms with E-state index in [4.69, 9.17) is 4.42 Å². The highest BCUT2D eigenvalue weighted by Gasteiger charge is 2.23. The Morgan fingerprint density at radius 2 is 2.43 bits per heavy atom. The average Bonchev–Trinajstić information content (AvgIpc) is 3.29. The summed E-state index contributed by atoms with van der Waals surface area (Å²) in [5, 5.41) is 5.08. The summed E-state index contributed by atoms with van der Waals surface area (Å²) in [7, 11) is 0. The van der Waals surface area contributed by atoms with E-state index in [1.54, 1.807) is 23.9 Å². The largest absolute Gasteiger partial charge is 0.472 e. The first-order chi connectivity index (χ1) is 11.3. The lowest BCUT2D eigenvalue weighted by atomic mass is 10.1. The Hall–Kier alpha value is -2.05. The predicted molar refractivity (Wildman–Crippen MR) is 90.6 cm³/mol. The van der Waals surface area contributed by atoms with Crippen LogP contribution in [0.4, 0.5) is 0 Å². The number of hydrogen-bond acceptors (Lipinski definition) is 4. The van der Waals surface area contributed by atoms with Crippen molar-refractivity contribution in [2.45, 2.75) is 13.0 Å². The molecule has 4 heterocycles. The van der Waals surface area contributed by atoms with E-state index in [-0.39, 0.29) is 5.91 Å². The van der Waals surface area contributed by atoms with Gasteiger partial charge in [-0.25, -0.2) is 0 Å². The number of thiophene rings is 1. The third-order valence-electron chi connectivity index (χ3n) is 4.39. The molecule has 1 atom stereocenters. The van der Waals surface area contributed by atoms with E-state index in [0.29, 0.717) is 11.6 Å². The highest BCUT2D eigenvalue weighted by atomic mass is 32.1. The highest BCUT2D eigenvalue weighted by molar-refractivity contribution is 7.17. The second kappa shape index (κ2) is 6.22. The predicted octanol–water partition coefficient (Wildman–Crippen LogP) is 3.07. The van der Waals surface area contributed by atoms with E-state index in [1.807, 2.05) is 23.6 Å². The Bertz CT molecular complexity index is 761. The number of hydrogen-bond donors (Lipinski definition) is 2. The van der Waals surface area contributed by atoms with E-state index < -0.39 is 0 Å². The lowest BCUT2D eigenvalue weighted by Crippen LogP contribution is -2.31. The third-order valence-corrected chi connectivity index (χ3v) is 5.26. The first kappa shape index (κ1) is 14.5. The molecule has 23 heavy (non-hydrogen) atoms. The van der Waals surface area contributed by atoms with Crippen LogP contribution in [0.1, 0.15) is 22.5 Å². The number of nitrogens with one attached hydrogen (secondary N) is 2. The number of carbonyl (C=O) groups is 1. The summed E-state index contributed by atoms with van der Waals surface area (Å²) in [4.78, 5) is 17.8. The molecule has 1 aliphatic heterocycles. The molecule has 0 radical (unpaired) electrons. The van der Waals surface area contributed by atoms with Crippen molar-refractivity contribution < 1.29 is 9.21 Å². The number of nitrogens with zero attached hydrogens (tertiary/aromatic N) is 1. The summed E-state index contributed by atoms with van der Waals surface area (Å²) >= 11 is 1.65. The number of rotatable bonds is 5. The molecule has 0 bridgehead atoms. The lowest BCUT2D eigenvalue weighted by molar-refractivity contribution is 0.0943. The standard InChI is InChI=1S/C17H19N3O2S/c21-17(15-7-16-14(19-15)3-6-23-16)18-8-12-1-4-20(9-12)10-13-2-5-22-11-13/h2-3,5-7,11-12,19H,1,4,8-10H2,(H,18,21)/t12-/m0/s1. The van der Waals surface area contributed by atoms with Crippen LogP contribution >= 0.6 is 11.3 Å². The molecule has 3 aromatic rings. The zero-order valence-electron chi connectivity index (χ0n) is 12.7. The summed E-state index contributed by atoms with van der Waals surface area (Å²) in [6, 6.07) is 5.93. The second-order valence-corrected chi connectivity index (χ2v) is 7.06. The van der Waals surface area contributed by atoms with Gasteiger partial charge in [0.25, 0.3) is 5.91 Å². The van der Waals surface area contributed by atoms with Crippen molar-refractivity contribution in [3.05, 3.63) is 47.4 Å². The van der Waals surface area contributed by atoms with Crippen molar-refractivity contribution in [2.24, 2.45) is 5.92 Å². The van der Waals surface area contributed by atoms with Crippen molar-refractivity contribution in [3.63, 3.8) is 0 Å². The molecule has 5 nitrogen and oxygen atoms in total. The van der Waals surface area contributed by atoms with Crippen LogP contribution in [0.5, 0.6) is 0 Å². The summed E-state index contributed by atoms with van der Waals surface area (Å²) in [5.41, 5.74) is 2.90. The summed E-state index contributed by atoms with van der Waals surface area (Å²) < 4.78 is 6.24. The van der Waals surface area contributed by atoms with Gasteiger partial charge in [-0.15, -0.1) is 11.3 Å².